The molecular formula is C50H35N. The summed E-state index contributed by atoms with van der Waals surface area (Å²) in [5.74, 6) is 0. The predicted octanol–water partition coefficient (Wildman–Crippen LogP) is 14.1. The van der Waals surface area contributed by atoms with Crippen molar-refractivity contribution in [3.05, 3.63) is 212 Å². The SMILES string of the molecule is c1ccc(-c2ccc(N(c3ccc(-c4ccccc4)cc3)c3ccc(-c4ccc5c(-c6ccc7ccccc7c6)cccc5c4)cc3)cc2)cc1. The Labute approximate surface area is 299 Å². The summed E-state index contributed by atoms with van der Waals surface area (Å²) >= 11 is 0. The fraction of sp³-hybridized carbons (Fsp3) is 0. The second-order valence-corrected chi connectivity index (χ2v) is 13.0. The molecule has 0 fully saturated rings. The van der Waals surface area contributed by atoms with Gasteiger partial charge in [-0.2, -0.15) is 0 Å². The van der Waals surface area contributed by atoms with Gasteiger partial charge in [-0.05, 0) is 115 Å². The normalized spacial score (nSPS) is 11.1. The molecule has 0 saturated carbocycles. The monoisotopic (exact) mass is 649 g/mol. The Morgan fingerprint density at radius 1 is 0.235 bits per heavy atom. The van der Waals surface area contributed by atoms with Crippen molar-refractivity contribution in [1.82, 2.24) is 0 Å². The van der Waals surface area contributed by atoms with Crippen LogP contribution in [0.25, 0.3) is 66.1 Å². The molecule has 0 amide bonds. The first-order valence-electron chi connectivity index (χ1n) is 17.5. The van der Waals surface area contributed by atoms with Crippen molar-refractivity contribution in [2.45, 2.75) is 0 Å². The topological polar surface area (TPSA) is 3.24 Å². The third-order valence-corrected chi connectivity index (χ3v) is 9.86. The van der Waals surface area contributed by atoms with E-state index in [0.29, 0.717) is 0 Å². The molecule has 0 atom stereocenters. The quantitative estimate of drug-likeness (QED) is 0.166. The van der Waals surface area contributed by atoms with Crippen molar-refractivity contribution >= 4 is 38.6 Å². The van der Waals surface area contributed by atoms with E-state index in [9.17, 15) is 0 Å². The van der Waals surface area contributed by atoms with Gasteiger partial charge in [0, 0.05) is 17.1 Å². The summed E-state index contributed by atoms with van der Waals surface area (Å²) in [5.41, 5.74) is 13.1. The number of rotatable bonds is 7. The highest BCUT2D eigenvalue weighted by molar-refractivity contribution is 6.00. The lowest BCUT2D eigenvalue weighted by Crippen LogP contribution is -2.09. The maximum Gasteiger partial charge on any atom is 0.0462 e. The Morgan fingerprint density at radius 3 is 1.22 bits per heavy atom. The largest absolute Gasteiger partial charge is 0.311 e. The smallest absolute Gasteiger partial charge is 0.0462 e. The van der Waals surface area contributed by atoms with Gasteiger partial charge >= 0.3 is 0 Å². The molecule has 1 heteroatoms. The maximum absolute atomic E-state index is 2.34. The molecule has 0 aliphatic heterocycles. The fourth-order valence-corrected chi connectivity index (χ4v) is 7.19. The van der Waals surface area contributed by atoms with E-state index in [-0.39, 0.29) is 0 Å². The molecule has 1 nitrogen and oxygen atoms in total. The summed E-state index contributed by atoms with van der Waals surface area (Å²) in [7, 11) is 0. The van der Waals surface area contributed by atoms with Crippen molar-refractivity contribution in [2.75, 3.05) is 4.90 Å². The lowest BCUT2D eigenvalue weighted by molar-refractivity contribution is 1.28. The van der Waals surface area contributed by atoms with Crippen LogP contribution in [0.15, 0.2) is 212 Å². The van der Waals surface area contributed by atoms with Crippen LogP contribution in [0.5, 0.6) is 0 Å². The van der Waals surface area contributed by atoms with E-state index < -0.39 is 0 Å². The van der Waals surface area contributed by atoms with Crippen molar-refractivity contribution < 1.29 is 0 Å². The molecule has 9 rings (SSSR count). The fourth-order valence-electron chi connectivity index (χ4n) is 7.19. The number of nitrogens with zero attached hydrogens (tertiary/aromatic N) is 1. The van der Waals surface area contributed by atoms with Crippen molar-refractivity contribution in [3.8, 4) is 44.5 Å². The molecule has 9 aromatic carbocycles. The van der Waals surface area contributed by atoms with Crippen LogP contribution in [0.1, 0.15) is 0 Å². The van der Waals surface area contributed by atoms with Gasteiger partial charge in [-0.3, -0.25) is 0 Å². The summed E-state index contributed by atoms with van der Waals surface area (Å²) in [6.45, 7) is 0. The van der Waals surface area contributed by atoms with E-state index in [1.807, 2.05) is 0 Å². The molecule has 0 heterocycles. The minimum atomic E-state index is 1.11. The van der Waals surface area contributed by atoms with Crippen LogP contribution in [0.3, 0.4) is 0 Å². The standard InChI is InChI=1S/C50H35N/c1-3-10-36(11-4-1)39-20-27-46(28-21-39)51(47-29-22-40(23-30-47)37-12-5-2-6-13-37)48-31-24-41(25-32-48)43-26-33-50-44(35-43)16-9-17-49(50)45-19-18-38-14-7-8-15-42(38)34-45/h1-35H. The first-order chi connectivity index (χ1) is 25.3. The number of anilines is 3. The Balaban J connectivity index is 1.06. The first-order valence-corrected chi connectivity index (χ1v) is 17.5. The van der Waals surface area contributed by atoms with Crippen molar-refractivity contribution in [1.29, 1.82) is 0 Å². The lowest BCUT2D eigenvalue weighted by atomic mass is 9.94. The molecule has 0 aliphatic rings. The summed E-state index contributed by atoms with van der Waals surface area (Å²) < 4.78 is 0. The molecule has 0 unspecified atom stereocenters. The minimum absolute atomic E-state index is 1.11. The van der Waals surface area contributed by atoms with E-state index in [4.69, 9.17) is 0 Å². The zero-order valence-corrected chi connectivity index (χ0v) is 28.2. The number of hydrogen-bond acceptors (Lipinski definition) is 1. The summed E-state index contributed by atoms with van der Waals surface area (Å²) in [6, 6.07) is 76.6. The van der Waals surface area contributed by atoms with Crippen molar-refractivity contribution in [3.63, 3.8) is 0 Å². The van der Waals surface area contributed by atoms with Crippen LogP contribution in [0.2, 0.25) is 0 Å². The first kappa shape index (κ1) is 30.4. The molecule has 0 bridgehead atoms. The highest BCUT2D eigenvalue weighted by Gasteiger charge is 2.14. The maximum atomic E-state index is 2.34. The Hall–Kier alpha value is -6.70. The van der Waals surface area contributed by atoms with Crippen LogP contribution < -0.4 is 4.90 Å². The average Bonchev–Trinajstić information content (AvgIpc) is 3.22. The molecule has 0 aliphatic carbocycles. The lowest BCUT2D eigenvalue weighted by Gasteiger charge is -2.26. The molecule has 0 saturated heterocycles. The van der Waals surface area contributed by atoms with Gasteiger partial charge in [0.2, 0.25) is 0 Å². The molecule has 0 aromatic heterocycles. The number of benzene rings is 9. The van der Waals surface area contributed by atoms with Crippen LogP contribution in [0.4, 0.5) is 17.1 Å². The number of hydrogen-bond donors (Lipinski definition) is 0. The van der Waals surface area contributed by atoms with Gasteiger partial charge in [0.05, 0.1) is 0 Å². The summed E-state index contributed by atoms with van der Waals surface area (Å²) in [5, 5.41) is 5.02. The van der Waals surface area contributed by atoms with Gasteiger partial charge in [0.1, 0.15) is 0 Å². The Kier molecular flexibility index (Phi) is 7.92. The Bertz CT molecular complexity index is 2500. The van der Waals surface area contributed by atoms with E-state index in [1.54, 1.807) is 0 Å². The van der Waals surface area contributed by atoms with Gasteiger partial charge in [0.25, 0.3) is 0 Å². The molecular weight excluding hydrogens is 615 g/mol. The zero-order valence-electron chi connectivity index (χ0n) is 28.2. The summed E-state index contributed by atoms with van der Waals surface area (Å²) in [6.07, 6.45) is 0. The van der Waals surface area contributed by atoms with Gasteiger partial charge in [-0.1, -0.05) is 164 Å². The second kappa shape index (κ2) is 13.3. The van der Waals surface area contributed by atoms with Gasteiger partial charge < -0.3 is 4.90 Å². The van der Waals surface area contributed by atoms with E-state index in [1.165, 1.54) is 66.1 Å². The molecule has 0 spiro atoms. The Morgan fingerprint density at radius 2 is 0.647 bits per heavy atom. The number of fused-ring (bicyclic) bond motifs is 2. The van der Waals surface area contributed by atoms with Crippen LogP contribution in [-0.2, 0) is 0 Å². The molecule has 0 radical (unpaired) electrons. The zero-order chi connectivity index (χ0) is 34.0. The van der Waals surface area contributed by atoms with E-state index in [2.05, 4.69) is 217 Å². The predicted molar refractivity (Wildman–Crippen MR) is 218 cm³/mol. The molecule has 51 heavy (non-hydrogen) atoms. The molecule has 240 valence electrons. The van der Waals surface area contributed by atoms with E-state index >= 15 is 0 Å². The second-order valence-electron chi connectivity index (χ2n) is 13.0. The third kappa shape index (κ3) is 6.07. The van der Waals surface area contributed by atoms with E-state index in [0.717, 1.165) is 17.1 Å². The van der Waals surface area contributed by atoms with Gasteiger partial charge in [-0.25, -0.2) is 0 Å². The van der Waals surface area contributed by atoms with Crippen LogP contribution >= 0.6 is 0 Å². The third-order valence-electron chi connectivity index (χ3n) is 9.86. The van der Waals surface area contributed by atoms with Crippen molar-refractivity contribution in [2.24, 2.45) is 0 Å². The molecule has 0 N–H and O–H groups in total. The highest BCUT2D eigenvalue weighted by atomic mass is 15.1. The van der Waals surface area contributed by atoms with Gasteiger partial charge in [0.15, 0.2) is 0 Å². The average molecular weight is 650 g/mol. The highest BCUT2D eigenvalue weighted by Crippen LogP contribution is 2.39. The summed E-state index contributed by atoms with van der Waals surface area (Å²) in [4.78, 5) is 2.34. The molecule has 9 aromatic rings. The minimum Gasteiger partial charge on any atom is -0.311 e. The van der Waals surface area contributed by atoms with Crippen LogP contribution in [-0.4, -0.2) is 0 Å². The van der Waals surface area contributed by atoms with Gasteiger partial charge in [-0.15, -0.1) is 0 Å². The van der Waals surface area contributed by atoms with Crippen LogP contribution in [0, 0.1) is 0 Å².